The minimum atomic E-state index is -4.96. The summed E-state index contributed by atoms with van der Waals surface area (Å²) in [7, 11) is -9.92. The van der Waals surface area contributed by atoms with Gasteiger partial charge < -0.3 is 33.8 Å². The van der Waals surface area contributed by atoms with E-state index in [9.17, 15) is 43.2 Å². The molecule has 19 heteroatoms. The fourth-order valence-corrected chi connectivity index (χ4v) is 14.6. The van der Waals surface area contributed by atoms with Gasteiger partial charge in [-0.15, -0.1) is 0 Å². The Morgan fingerprint density at radius 1 is 0.282 bits per heavy atom. The minimum Gasteiger partial charge on any atom is -0.462 e. The Morgan fingerprint density at radius 2 is 0.495 bits per heavy atom. The molecule has 0 saturated heterocycles. The first-order chi connectivity index (χ1) is 49.8. The van der Waals surface area contributed by atoms with Crippen LogP contribution in [0.4, 0.5) is 0 Å². The van der Waals surface area contributed by atoms with Crippen LogP contribution >= 0.6 is 15.6 Å². The average Bonchev–Trinajstić information content (AvgIpc) is 0.912. The summed E-state index contributed by atoms with van der Waals surface area (Å²) in [5, 5.41) is 10.7. The molecule has 17 nitrogen and oxygen atoms in total. The number of unbranched alkanes of at least 4 members (excludes halogenated alkanes) is 49. The Balaban J connectivity index is 5.22. The monoisotopic (exact) mass is 1510 g/mol. The molecule has 3 N–H and O–H groups in total. The van der Waals surface area contributed by atoms with Gasteiger partial charge in [0.2, 0.25) is 0 Å². The molecule has 3 unspecified atom stereocenters. The molecule has 0 heterocycles. The lowest BCUT2D eigenvalue weighted by atomic mass is 10.00. The molecular weight excluding hydrogens is 1340 g/mol. The Hall–Kier alpha value is -1.94. The molecular formula is C84H164O17P2. The van der Waals surface area contributed by atoms with Crippen molar-refractivity contribution < 1.29 is 80.2 Å². The van der Waals surface area contributed by atoms with Gasteiger partial charge in [-0.25, -0.2) is 9.13 Å². The van der Waals surface area contributed by atoms with Crippen molar-refractivity contribution in [1.82, 2.24) is 0 Å². The van der Waals surface area contributed by atoms with Gasteiger partial charge in [-0.2, -0.15) is 0 Å². The van der Waals surface area contributed by atoms with Gasteiger partial charge in [-0.3, -0.25) is 37.3 Å². The maximum absolute atomic E-state index is 13.1. The van der Waals surface area contributed by atoms with Crippen LogP contribution < -0.4 is 0 Å². The summed E-state index contributed by atoms with van der Waals surface area (Å²) in [4.78, 5) is 73.1. The number of hydrogen-bond donors (Lipinski definition) is 3. The third-order valence-corrected chi connectivity index (χ3v) is 21.9. The van der Waals surface area contributed by atoms with Crippen molar-refractivity contribution in [2.24, 2.45) is 17.8 Å². The van der Waals surface area contributed by atoms with Gasteiger partial charge in [-0.05, 0) is 43.4 Å². The lowest BCUT2D eigenvalue weighted by Gasteiger charge is -2.21. The Bertz CT molecular complexity index is 1990. The molecule has 0 aliphatic heterocycles. The highest BCUT2D eigenvalue weighted by Crippen LogP contribution is 2.45. The summed E-state index contributed by atoms with van der Waals surface area (Å²) in [5.74, 6) is 0.193. The summed E-state index contributed by atoms with van der Waals surface area (Å²) in [6.45, 7) is 11.9. The van der Waals surface area contributed by atoms with Gasteiger partial charge in [-0.1, -0.05) is 389 Å². The first kappa shape index (κ1) is 101. The number of phosphoric acid groups is 2. The van der Waals surface area contributed by atoms with E-state index in [2.05, 4.69) is 48.5 Å². The van der Waals surface area contributed by atoms with Crippen molar-refractivity contribution in [2.45, 2.75) is 458 Å². The predicted octanol–water partition coefficient (Wildman–Crippen LogP) is 25.3. The van der Waals surface area contributed by atoms with Gasteiger partial charge in [0.1, 0.15) is 19.3 Å². The highest BCUT2D eigenvalue weighted by Gasteiger charge is 2.30. The SMILES string of the molecule is CCCCCCCCCCCCCCCCCCCCCC(=O)OC[C@H](COP(=O)(O)OC[C@@H](O)COP(=O)(O)OC[C@@H](COC(=O)CCCCCCCCC(C)CC)OC(=O)CCCCCCCCCCCCC(C)C)OC(=O)CCCCCCCCCCCCCCCCCCCCC(C)C. The Kier molecular flexibility index (Phi) is 72.8. The van der Waals surface area contributed by atoms with Gasteiger partial charge in [0.15, 0.2) is 12.2 Å². The van der Waals surface area contributed by atoms with E-state index < -0.39 is 97.5 Å². The quantitative estimate of drug-likeness (QED) is 0.0222. The second-order valence-corrected chi connectivity index (χ2v) is 34.3. The second-order valence-electron chi connectivity index (χ2n) is 31.4. The number of aliphatic hydroxyl groups is 1. The van der Waals surface area contributed by atoms with Crippen LogP contribution in [0.1, 0.15) is 440 Å². The first-order valence-corrected chi connectivity index (χ1v) is 46.4. The zero-order chi connectivity index (χ0) is 75.8. The minimum absolute atomic E-state index is 0.105. The highest BCUT2D eigenvalue weighted by molar-refractivity contribution is 7.47. The molecule has 612 valence electrons. The second kappa shape index (κ2) is 74.2. The number of phosphoric ester groups is 2. The molecule has 0 aromatic rings. The van der Waals surface area contributed by atoms with Crippen molar-refractivity contribution in [3.8, 4) is 0 Å². The van der Waals surface area contributed by atoms with Crippen LogP contribution in [0.2, 0.25) is 0 Å². The number of rotatable bonds is 82. The molecule has 103 heavy (non-hydrogen) atoms. The van der Waals surface area contributed by atoms with E-state index in [-0.39, 0.29) is 25.7 Å². The van der Waals surface area contributed by atoms with Crippen molar-refractivity contribution in [2.75, 3.05) is 39.6 Å². The van der Waals surface area contributed by atoms with Crippen LogP contribution in [0.5, 0.6) is 0 Å². The normalized spacial score (nSPS) is 14.2. The molecule has 0 rings (SSSR count). The van der Waals surface area contributed by atoms with E-state index in [0.29, 0.717) is 25.7 Å². The fraction of sp³-hybridized carbons (Fsp3) is 0.952. The Morgan fingerprint density at radius 3 is 0.738 bits per heavy atom. The number of aliphatic hydroxyl groups excluding tert-OH is 1. The van der Waals surface area contributed by atoms with E-state index in [1.165, 1.54) is 244 Å². The number of carbonyl (C=O) groups excluding carboxylic acids is 4. The fourth-order valence-electron chi connectivity index (χ4n) is 13.0. The molecule has 6 atom stereocenters. The molecule has 0 fully saturated rings. The van der Waals surface area contributed by atoms with Crippen LogP contribution in [0.25, 0.3) is 0 Å². The highest BCUT2D eigenvalue weighted by atomic mass is 31.2. The number of ether oxygens (including phenoxy) is 4. The van der Waals surface area contributed by atoms with E-state index in [0.717, 1.165) is 114 Å². The molecule has 0 bridgehead atoms. The van der Waals surface area contributed by atoms with E-state index in [4.69, 9.17) is 37.0 Å². The molecule has 0 amide bonds. The van der Waals surface area contributed by atoms with Crippen molar-refractivity contribution in [1.29, 1.82) is 0 Å². The third kappa shape index (κ3) is 76.6. The lowest BCUT2D eigenvalue weighted by molar-refractivity contribution is -0.161. The number of esters is 4. The van der Waals surface area contributed by atoms with Gasteiger partial charge in [0.25, 0.3) is 0 Å². The smallest absolute Gasteiger partial charge is 0.462 e. The molecule has 0 spiro atoms. The van der Waals surface area contributed by atoms with Crippen LogP contribution in [-0.2, 0) is 65.4 Å². The molecule has 0 radical (unpaired) electrons. The van der Waals surface area contributed by atoms with Crippen LogP contribution in [-0.4, -0.2) is 96.7 Å². The largest absolute Gasteiger partial charge is 0.472 e. The van der Waals surface area contributed by atoms with Crippen molar-refractivity contribution >= 4 is 39.5 Å². The van der Waals surface area contributed by atoms with Gasteiger partial charge in [0.05, 0.1) is 26.4 Å². The summed E-state index contributed by atoms with van der Waals surface area (Å²) in [6.07, 6.45) is 64.0. The molecule has 0 saturated carbocycles. The van der Waals surface area contributed by atoms with Crippen molar-refractivity contribution in [3.05, 3.63) is 0 Å². The Labute approximate surface area is 632 Å². The zero-order valence-electron chi connectivity index (χ0n) is 67.8. The molecule has 0 aliphatic rings. The maximum Gasteiger partial charge on any atom is 0.472 e. The molecule has 0 aromatic carbocycles. The number of hydrogen-bond acceptors (Lipinski definition) is 15. The van der Waals surface area contributed by atoms with E-state index >= 15 is 0 Å². The van der Waals surface area contributed by atoms with Gasteiger partial charge in [0, 0.05) is 25.7 Å². The number of carbonyl (C=O) groups is 4. The van der Waals surface area contributed by atoms with Crippen molar-refractivity contribution in [3.63, 3.8) is 0 Å². The topological polar surface area (TPSA) is 237 Å². The average molecular weight is 1510 g/mol. The van der Waals surface area contributed by atoms with Crippen LogP contribution in [0, 0.1) is 17.8 Å². The summed E-state index contributed by atoms with van der Waals surface area (Å²) >= 11 is 0. The van der Waals surface area contributed by atoms with Crippen LogP contribution in [0.15, 0.2) is 0 Å². The summed E-state index contributed by atoms with van der Waals surface area (Å²) in [5.41, 5.74) is 0. The first-order valence-electron chi connectivity index (χ1n) is 43.4. The molecule has 0 aliphatic carbocycles. The van der Waals surface area contributed by atoms with Crippen LogP contribution in [0.3, 0.4) is 0 Å². The standard InChI is InChI=1S/C84H164O17P2/c1-8-10-11-12-13-14-15-16-17-18-19-23-26-29-32-38-43-51-58-65-81(86)94-71-79(100-83(88)67-60-53-44-39-33-30-27-24-21-20-22-25-28-31-36-41-48-55-62-75(3)4)73-98-102(90,91)96-69-78(85)70-97-103(92,93)99-74-80(72-95-82(87)66-59-52-47-46-50-57-64-77(7)9-2)101-84(89)68-61-54-45-40-35-34-37-42-49-56-63-76(5)6/h75-80,85H,8-74H2,1-7H3,(H,90,91)(H,92,93)/t77?,78-,79-,80-/m1/s1. The van der Waals surface area contributed by atoms with E-state index in [1.807, 2.05) is 0 Å². The van der Waals surface area contributed by atoms with E-state index in [1.54, 1.807) is 0 Å². The molecule has 0 aromatic heterocycles. The van der Waals surface area contributed by atoms with Gasteiger partial charge >= 0.3 is 39.5 Å². The third-order valence-electron chi connectivity index (χ3n) is 20.0. The summed E-state index contributed by atoms with van der Waals surface area (Å²) < 4.78 is 68.8. The zero-order valence-corrected chi connectivity index (χ0v) is 69.6. The predicted molar refractivity (Wildman–Crippen MR) is 423 cm³/mol. The maximum atomic E-state index is 13.1. The summed E-state index contributed by atoms with van der Waals surface area (Å²) in [6, 6.07) is 0. The lowest BCUT2D eigenvalue weighted by Crippen LogP contribution is -2.30.